The van der Waals surface area contributed by atoms with Crippen LogP contribution in [0.15, 0.2) is 65.6 Å². The van der Waals surface area contributed by atoms with E-state index in [1.165, 1.54) is 16.9 Å². The molecule has 1 aromatic heterocycles. The van der Waals surface area contributed by atoms with Gasteiger partial charge in [-0.15, -0.1) is 11.3 Å². The minimum atomic E-state index is -0.385. The van der Waals surface area contributed by atoms with Crippen molar-refractivity contribution in [2.24, 2.45) is 0 Å². The molecule has 0 aliphatic heterocycles. The van der Waals surface area contributed by atoms with E-state index in [0.717, 1.165) is 22.7 Å². The molecule has 0 spiro atoms. The van der Waals surface area contributed by atoms with E-state index < -0.39 is 0 Å². The first-order valence-electron chi connectivity index (χ1n) is 9.13. The molecule has 0 saturated carbocycles. The molecule has 5 heteroatoms. The lowest BCUT2D eigenvalue weighted by Crippen LogP contribution is -2.04. The van der Waals surface area contributed by atoms with Gasteiger partial charge in [-0.25, -0.2) is 9.78 Å². The second kappa shape index (κ2) is 11.1. The van der Waals surface area contributed by atoms with Gasteiger partial charge in [0.25, 0.3) is 0 Å². The molecule has 0 N–H and O–H groups in total. The summed E-state index contributed by atoms with van der Waals surface area (Å²) >= 11 is 1.42. The number of hydrogen-bond donors (Lipinski definition) is 0. The number of hydrogen-bond acceptors (Lipinski definition) is 5. The van der Waals surface area contributed by atoms with Crippen LogP contribution in [0.3, 0.4) is 0 Å². The van der Waals surface area contributed by atoms with Crippen molar-refractivity contribution >= 4 is 17.3 Å². The van der Waals surface area contributed by atoms with Gasteiger partial charge in [0, 0.05) is 10.9 Å². The maximum atomic E-state index is 11.7. The van der Waals surface area contributed by atoms with Crippen LogP contribution >= 0.6 is 11.3 Å². The van der Waals surface area contributed by atoms with E-state index in [-0.39, 0.29) is 5.97 Å². The normalized spacial score (nSPS) is 12.5. The first kappa shape index (κ1) is 20.6. The maximum absolute atomic E-state index is 11.7. The predicted molar refractivity (Wildman–Crippen MR) is 111 cm³/mol. The first-order valence-corrected chi connectivity index (χ1v) is 10.0. The Bertz CT molecular complexity index is 816. The van der Waals surface area contributed by atoms with Gasteiger partial charge in [-0.1, -0.05) is 44.2 Å². The predicted octanol–water partition coefficient (Wildman–Crippen LogP) is 5.83. The summed E-state index contributed by atoms with van der Waals surface area (Å²) < 4.78 is 10.8. The van der Waals surface area contributed by atoms with Crippen LogP contribution in [-0.4, -0.2) is 24.2 Å². The molecule has 0 unspecified atom stereocenters. The molecule has 0 bridgehead atoms. The zero-order valence-corrected chi connectivity index (χ0v) is 16.8. The van der Waals surface area contributed by atoms with Crippen molar-refractivity contribution in [1.82, 2.24) is 4.98 Å². The molecule has 3 rings (SSSR count). The molecule has 1 heterocycles. The average molecular weight is 384 g/mol. The Kier molecular flexibility index (Phi) is 8.52. The number of benzene rings is 1. The van der Waals surface area contributed by atoms with Crippen molar-refractivity contribution < 1.29 is 14.3 Å². The second-order valence-corrected chi connectivity index (χ2v) is 6.27. The third kappa shape index (κ3) is 6.22. The largest absolute Gasteiger partial charge is 0.489 e. The minimum absolute atomic E-state index is 0.347. The topological polar surface area (TPSA) is 48.4 Å². The Morgan fingerprint density at radius 2 is 1.93 bits per heavy atom. The second-order valence-electron chi connectivity index (χ2n) is 5.41. The molecule has 0 atom stereocenters. The first-order chi connectivity index (χ1) is 13.3. The van der Waals surface area contributed by atoms with Gasteiger partial charge in [0.2, 0.25) is 0 Å². The highest BCUT2D eigenvalue weighted by Crippen LogP contribution is 2.26. The number of thiazole rings is 1. The molecule has 4 nitrogen and oxygen atoms in total. The van der Waals surface area contributed by atoms with Gasteiger partial charge < -0.3 is 9.47 Å². The summed E-state index contributed by atoms with van der Waals surface area (Å²) in [5.41, 5.74) is 2.53. The van der Waals surface area contributed by atoms with Crippen molar-refractivity contribution in [2.75, 3.05) is 13.2 Å². The van der Waals surface area contributed by atoms with Crippen molar-refractivity contribution in [2.45, 2.75) is 27.2 Å². The zero-order chi connectivity index (χ0) is 19.5. The third-order valence-electron chi connectivity index (χ3n) is 3.58. The number of ether oxygens (including phenoxy) is 2. The van der Waals surface area contributed by atoms with Crippen molar-refractivity contribution in [3.8, 4) is 16.3 Å². The van der Waals surface area contributed by atoms with Crippen LogP contribution in [0.4, 0.5) is 0 Å². The van der Waals surface area contributed by atoms with E-state index in [4.69, 9.17) is 9.47 Å². The van der Waals surface area contributed by atoms with E-state index >= 15 is 0 Å². The van der Waals surface area contributed by atoms with Gasteiger partial charge in [-0.05, 0) is 43.2 Å². The van der Waals surface area contributed by atoms with Gasteiger partial charge in [0.05, 0.1) is 6.61 Å². The van der Waals surface area contributed by atoms with Gasteiger partial charge >= 0.3 is 5.97 Å². The Labute approximate surface area is 164 Å². The van der Waals surface area contributed by atoms with E-state index in [0.29, 0.717) is 18.9 Å². The fourth-order valence-corrected chi connectivity index (χ4v) is 3.10. The highest BCUT2D eigenvalue weighted by Gasteiger charge is 2.12. The molecule has 1 aliphatic rings. The summed E-state index contributed by atoms with van der Waals surface area (Å²) in [6.45, 7) is 6.69. The lowest BCUT2D eigenvalue weighted by molar-refractivity contribution is 0.0520. The Hall–Kier alpha value is -2.66. The van der Waals surface area contributed by atoms with E-state index in [1.807, 2.05) is 56.3 Å². The van der Waals surface area contributed by atoms with Crippen LogP contribution in [-0.2, 0) is 4.74 Å². The lowest BCUT2D eigenvalue weighted by Gasteiger charge is -2.08. The minimum Gasteiger partial charge on any atom is -0.489 e. The van der Waals surface area contributed by atoms with E-state index in [1.54, 1.807) is 12.3 Å². The lowest BCUT2D eigenvalue weighted by atomic mass is 10.2. The van der Waals surface area contributed by atoms with Crippen molar-refractivity contribution in [3.05, 3.63) is 71.3 Å². The van der Waals surface area contributed by atoms with Gasteiger partial charge in [-0.3, -0.25) is 0 Å². The molecule has 0 radical (unpaired) electrons. The Morgan fingerprint density at radius 1 is 1.15 bits per heavy atom. The summed E-state index contributed by atoms with van der Waals surface area (Å²) in [5, 5.41) is 2.51. The molecule has 1 aliphatic carbocycles. The van der Waals surface area contributed by atoms with Gasteiger partial charge in [0.1, 0.15) is 17.4 Å². The monoisotopic (exact) mass is 383 g/mol. The van der Waals surface area contributed by atoms with Crippen LogP contribution in [0.2, 0.25) is 0 Å². The highest BCUT2D eigenvalue weighted by molar-refractivity contribution is 7.13. The molecule has 0 amide bonds. The SMILES string of the molecule is CC.CCOC(=O)c1csc(-c2ccc(OCC3=CC=CC=CC3)cc2)n1. The standard InChI is InChI=1S/C20H19NO3S.C2H6/c1-2-23-20(22)18-14-25-19(21-18)16-9-11-17(12-10-16)24-13-15-7-5-3-4-6-8-15;1-2/h3-7,9-12,14H,2,8,13H2,1H3;1-2H3. The summed E-state index contributed by atoms with van der Waals surface area (Å²) in [6, 6.07) is 7.74. The van der Waals surface area contributed by atoms with E-state index in [9.17, 15) is 4.79 Å². The molecule has 27 heavy (non-hydrogen) atoms. The molecule has 2 aromatic rings. The molecule has 0 fully saturated rings. The quantitative estimate of drug-likeness (QED) is 0.589. The average Bonchev–Trinajstić information content (AvgIpc) is 3.06. The molecule has 142 valence electrons. The fourth-order valence-electron chi connectivity index (χ4n) is 2.30. The highest BCUT2D eigenvalue weighted by atomic mass is 32.1. The molecular formula is C22H25NO3S. The Morgan fingerprint density at radius 3 is 2.67 bits per heavy atom. The van der Waals surface area contributed by atoms with Crippen molar-refractivity contribution in [1.29, 1.82) is 0 Å². The number of aromatic nitrogens is 1. The van der Waals surface area contributed by atoms with Crippen LogP contribution in [0.1, 0.15) is 37.7 Å². The summed E-state index contributed by atoms with van der Waals surface area (Å²) in [7, 11) is 0. The van der Waals surface area contributed by atoms with Gasteiger partial charge in [0.15, 0.2) is 5.69 Å². The number of allylic oxidation sites excluding steroid dienone is 5. The number of rotatable bonds is 6. The summed E-state index contributed by atoms with van der Waals surface area (Å²) in [5.74, 6) is 0.425. The van der Waals surface area contributed by atoms with Crippen LogP contribution in [0.5, 0.6) is 5.75 Å². The molecule has 1 aromatic carbocycles. The van der Waals surface area contributed by atoms with Gasteiger partial charge in [-0.2, -0.15) is 0 Å². The van der Waals surface area contributed by atoms with Crippen LogP contribution in [0.25, 0.3) is 10.6 Å². The van der Waals surface area contributed by atoms with E-state index in [2.05, 4.69) is 17.1 Å². The summed E-state index contributed by atoms with van der Waals surface area (Å²) in [4.78, 5) is 16.0. The third-order valence-corrected chi connectivity index (χ3v) is 4.48. The fraction of sp³-hybridized carbons (Fsp3) is 0.273. The zero-order valence-electron chi connectivity index (χ0n) is 16.0. The van der Waals surface area contributed by atoms with Crippen molar-refractivity contribution in [3.63, 3.8) is 0 Å². The number of nitrogens with zero attached hydrogens (tertiary/aromatic N) is 1. The Balaban J connectivity index is 0.00000126. The van der Waals surface area contributed by atoms with Crippen LogP contribution < -0.4 is 4.74 Å². The number of esters is 1. The molecule has 0 saturated heterocycles. The number of carbonyl (C=O) groups excluding carboxylic acids is 1. The molecular weight excluding hydrogens is 358 g/mol. The summed E-state index contributed by atoms with van der Waals surface area (Å²) in [6.07, 6.45) is 11.2. The van der Waals surface area contributed by atoms with Crippen LogP contribution in [0, 0.1) is 0 Å². The maximum Gasteiger partial charge on any atom is 0.357 e. The number of carbonyl (C=O) groups is 1. The smallest absolute Gasteiger partial charge is 0.357 e.